The molecule has 7 N–H and O–H groups in total. The average Bonchev–Trinajstić information content (AvgIpc) is 3.62. The predicted octanol–water partition coefficient (Wildman–Crippen LogP) is -0.810. The molecule has 0 spiro atoms. The Labute approximate surface area is 260 Å². The van der Waals surface area contributed by atoms with E-state index in [9.17, 15) is 29.1 Å². The fourth-order valence-corrected chi connectivity index (χ4v) is 5.96. The predicted molar refractivity (Wildman–Crippen MR) is 165 cm³/mol. The molecule has 0 bridgehead atoms. The van der Waals surface area contributed by atoms with Crippen LogP contribution in [0.25, 0.3) is 10.9 Å². The lowest BCUT2D eigenvalue weighted by molar-refractivity contribution is -0.142. The highest BCUT2D eigenvalue weighted by Crippen LogP contribution is 2.23. The molecule has 5 amide bonds. The molecule has 238 valence electrons. The van der Waals surface area contributed by atoms with E-state index in [2.05, 4.69) is 20.9 Å². The van der Waals surface area contributed by atoms with Crippen LogP contribution in [0, 0.1) is 0 Å². The van der Waals surface area contributed by atoms with Gasteiger partial charge < -0.3 is 41.6 Å². The minimum Gasteiger partial charge on any atom is -0.391 e. The van der Waals surface area contributed by atoms with Crippen molar-refractivity contribution in [3.05, 3.63) is 71.9 Å². The summed E-state index contributed by atoms with van der Waals surface area (Å²) in [4.78, 5) is 73.2. The molecule has 0 radical (unpaired) electrons. The Hall–Kier alpha value is -4.75. The van der Waals surface area contributed by atoms with Crippen molar-refractivity contribution >= 4 is 40.4 Å². The zero-order chi connectivity index (χ0) is 32.1. The van der Waals surface area contributed by atoms with Gasteiger partial charge in [-0.15, -0.1) is 0 Å². The number of H-pyrrole nitrogens is 1. The second-order valence-corrected chi connectivity index (χ2v) is 11.7. The van der Waals surface area contributed by atoms with Crippen molar-refractivity contribution in [3.8, 4) is 0 Å². The summed E-state index contributed by atoms with van der Waals surface area (Å²) < 4.78 is 0. The molecule has 45 heavy (non-hydrogen) atoms. The lowest BCUT2D eigenvalue weighted by atomic mass is 10.0. The van der Waals surface area contributed by atoms with E-state index in [0.29, 0.717) is 0 Å². The number of aliphatic hydroxyl groups excluding tert-OH is 1. The molecule has 13 nitrogen and oxygen atoms in total. The summed E-state index contributed by atoms with van der Waals surface area (Å²) in [6.45, 7) is 0.958. The van der Waals surface area contributed by atoms with Crippen LogP contribution < -0.4 is 21.7 Å². The third-order valence-corrected chi connectivity index (χ3v) is 8.23. The normalized spacial score (nSPS) is 24.2. The van der Waals surface area contributed by atoms with E-state index in [4.69, 9.17) is 5.73 Å². The van der Waals surface area contributed by atoms with E-state index < -0.39 is 66.4 Å². The smallest absolute Gasteiger partial charge is 0.246 e. The van der Waals surface area contributed by atoms with Gasteiger partial charge in [0, 0.05) is 56.0 Å². The van der Waals surface area contributed by atoms with Gasteiger partial charge in [0.05, 0.1) is 18.7 Å². The summed E-state index contributed by atoms with van der Waals surface area (Å²) in [5.41, 5.74) is 8.29. The number of nitrogens with zero attached hydrogens (tertiary/aromatic N) is 2. The van der Waals surface area contributed by atoms with Gasteiger partial charge in [0.25, 0.3) is 0 Å². The third-order valence-electron chi connectivity index (χ3n) is 8.23. The van der Waals surface area contributed by atoms with E-state index in [-0.39, 0.29) is 38.9 Å². The average molecular weight is 618 g/mol. The van der Waals surface area contributed by atoms with Gasteiger partial charge in [0.1, 0.15) is 18.1 Å². The van der Waals surface area contributed by atoms with E-state index in [1.165, 1.54) is 16.7 Å². The highest BCUT2D eigenvalue weighted by Gasteiger charge is 2.43. The summed E-state index contributed by atoms with van der Waals surface area (Å²) in [6.07, 6.45) is 1.02. The van der Waals surface area contributed by atoms with E-state index in [1.807, 2.05) is 54.6 Å². The third kappa shape index (κ3) is 7.49. The topological polar surface area (TPSA) is 190 Å². The molecule has 0 aliphatic carbocycles. The van der Waals surface area contributed by atoms with Crippen molar-refractivity contribution in [1.82, 2.24) is 30.7 Å². The van der Waals surface area contributed by atoms with Gasteiger partial charge in [0.15, 0.2) is 0 Å². The quantitative estimate of drug-likeness (QED) is 0.216. The first-order chi connectivity index (χ1) is 21.6. The molecule has 2 aromatic carbocycles. The minimum absolute atomic E-state index is 0.00228. The van der Waals surface area contributed by atoms with Crippen molar-refractivity contribution < 1.29 is 29.1 Å². The molecular formula is C32H39N7O6. The Balaban J connectivity index is 1.49. The number of para-hydroxylation sites is 1. The number of amides is 5. The minimum atomic E-state index is -1.12. The first-order valence-corrected chi connectivity index (χ1v) is 15.1. The summed E-state index contributed by atoms with van der Waals surface area (Å²) in [6, 6.07) is 12.6. The lowest BCUT2D eigenvalue weighted by Crippen LogP contribution is -2.57. The van der Waals surface area contributed by atoms with Gasteiger partial charge in [-0.05, 0) is 24.1 Å². The van der Waals surface area contributed by atoms with Gasteiger partial charge >= 0.3 is 0 Å². The molecule has 5 atom stereocenters. The van der Waals surface area contributed by atoms with Crippen molar-refractivity contribution in [2.45, 2.75) is 56.5 Å². The fourth-order valence-electron chi connectivity index (χ4n) is 5.96. The number of rotatable bonds is 5. The molecule has 1 aromatic heterocycles. The number of aromatic amines is 1. The lowest BCUT2D eigenvalue weighted by Gasteiger charge is -2.30. The Morgan fingerprint density at radius 2 is 1.71 bits per heavy atom. The first kappa shape index (κ1) is 31.7. The molecular weight excluding hydrogens is 578 g/mol. The van der Waals surface area contributed by atoms with Gasteiger partial charge in [0.2, 0.25) is 29.5 Å². The molecule has 2 aliphatic rings. The zero-order valence-corrected chi connectivity index (χ0v) is 25.1. The maximum Gasteiger partial charge on any atom is 0.246 e. The molecule has 0 saturated carbocycles. The molecule has 3 heterocycles. The molecule has 5 rings (SSSR count). The molecule has 0 unspecified atom stereocenters. The second-order valence-electron chi connectivity index (χ2n) is 11.7. The van der Waals surface area contributed by atoms with Crippen LogP contribution in [0.3, 0.4) is 0 Å². The molecule has 2 fully saturated rings. The summed E-state index contributed by atoms with van der Waals surface area (Å²) >= 11 is 0. The summed E-state index contributed by atoms with van der Waals surface area (Å²) in [7, 11) is 0. The highest BCUT2D eigenvalue weighted by atomic mass is 16.3. The maximum absolute atomic E-state index is 14.2. The van der Waals surface area contributed by atoms with Gasteiger partial charge in [-0.25, -0.2) is 0 Å². The summed E-state index contributed by atoms with van der Waals surface area (Å²) in [5, 5.41) is 19.8. The van der Waals surface area contributed by atoms with Crippen LogP contribution in [-0.4, -0.2) is 106 Å². The van der Waals surface area contributed by atoms with Crippen LogP contribution in [0.5, 0.6) is 0 Å². The van der Waals surface area contributed by atoms with Crippen molar-refractivity contribution in [2.75, 3.05) is 26.2 Å². The van der Waals surface area contributed by atoms with Crippen molar-refractivity contribution in [3.63, 3.8) is 0 Å². The number of benzene rings is 2. The standard InChI is InChI=1S/C32H39N7O6/c1-19(33)31(44)38-12-11-34-29(42)25(13-20-7-3-2-4-8-20)37-30(43)27-15-22(40)17-39(27)32(45)26(36-28(41)18-38)14-21-16-35-24-10-6-5-9-23(21)24/h2-10,16,19,22,25-27,35,40H,11-15,17-18,33H2,1H3,(H,34,42)(H,36,41)(H,37,43)/t19-,22+,25-,26+,27-/m0/s1. The molecule has 13 heteroatoms. The van der Waals surface area contributed by atoms with Crippen LogP contribution in [0.15, 0.2) is 60.8 Å². The zero-order valence-electron chi connectivity index (χ0n) is 25.1. The Morgan fingerprint density at radius 1 is 0.978 bits per heavy atom. The summed E-state index contributed by atoms with van der Waals surface area (Å²) in [5.74, 6) is -2.74. The molecule has 2 saturated heterocycles. The number of aliphatic hydroxyl groups is 1. The number of nitrogens with two attached hydrogens (primary N) is 1. The van der Waals surface area contributed by atoms with E-state index >= 15 is 0 Å². The Bertz CT molecular complexity index is 1560. The Morgan fingerprint density at radius 3 is 2.47 bits per heavy atom. The monoisotopic (exact) mass is 617 g/mol. The van der Waals surface area contributed by atoms with Crippen LogP contribution in [0.2, 0.25) is 0 Å². The molecule has 2 aliphatic heterocycles. The Kier molecular flexibility index (Phi) is 9.79. The number of hydrogen-bond donors (Lipinski definition) is 6. The second kappa shape index (κ2) is 13.9. The number of carbonyl (C=O) groups is 5. The van der Waals surface area contributed by atoms with Crippen molar-refractivity contribution in [2.24, 2.45) is 5.73 Å². The van der Waals surface area contributed by atoms with Crippen molar-refractivity contribution in [1.29, 1.82) is 0 Å². The van der Waals surface area contributed by atoms with Gasteiger partial charge in [-0.3, -0.25) is 24.0 Å². The van der Waals surface area contributed by atoms with Gasteiger partial charge in [-0.2, -0.15) is 0 Å². The number of aromatic nitrogens is 1. The number of nitrogens with one attached hydrogen (secondary N) is 4. The SMILES string of the molecule is C[C@H](N)C(=O)N1CCNC(=O)[C@H](Cc2ccccc2)NC(=O)[C@@H]2C[C@@H](O)CN2C(=O)[C@@H](Cc2c[nH]c3ccccc23)NC(=O)C1. The van der Waals surface area contributed by atoms with Crippen LogP contribution in [0.1, 0.15) is 24.5 Å². The fraction of sp³-hybridized carbons (Fsp3) is 0.406. The largest absolute Gasteiger partial charge is 0.391 e. The molecule has 3 aromatic rings. The number of fused-ring (bicyclic) bond motifs is 2. The van der Waals surface area contributed by atoms with E-state index in [0.717, 1.165) is 22.0 Å². The van der Waals surface area contributed by atoms with Crippen LogP contribution >= 0.6 is 0 Å². The first-order valence-electron chi connectivity index (χ1n) is 15.1. The van der Waals surface area contributed by atoms with E-state index in [1.54, 1.807) is 6.20 Å². The van der Waals surface area contributed by atoms with Crippen LogP contribution in [-0.2, 0) is 36.8 Å². The van der Waals surface area contributed by atoms with Gasteiger partial charge in [-0.1, -0.05) is 48.5 Å². The number of carbonyl (C=O) groups excluding carboxylic acids is 5. The van der Waals surface area contributed by atoms with Crippen LogP contribution in [0.4, 0.5) is 0 Å². The highest BCUT2D eigenvalue weighted by molar-refractivity contribution is 5.96. The maximum atomic E-state index is 14.2. The number of hydrogen-bond acceptors (Lipinski definition) is 7.